The quantitative estimate of drug-likeness (QED) is 0.450. The normalized spacial score (nSPS) is 16.2. The Morgan fingerprint density at radius 1 is 1.22 bits per heavy atom. The summed E-state index contributed by atoms with van der Waals surface area (Å²) in [4.78, 5) is 30.0. The van der Waals surface area contributed by atoms with E-state index in [9.17, 15) is 4.79 Å². The smallest absolute Gasteiger partial charge is 0.271 e. The summed E-state index contributed by atoms with van der Waals surface area (Å²) in [5.41, 5.74) is 4.38. The minimum Gasteiger partial charge on any atom is -0.333 e. The maximum atomic E-state index is 13.7. The van der Waals surface area contributed by atoms with Crippen molar-refractivity contribution in [3.8, 4) is 0 Å². The number of rotatable bonds is 7. The summed E-state index contributed by atoms with van der Waals surface area (Å²) < 4.78 is 4.07. The molecule has 0 spiro atoms. The van der Waals surface area contributed by atoms with Crippen LogP contribution >= 0.6 is 11.3 Å². The fraction of sp³-hybridized carbons (Fsp3) is 0.478. The zero-order valence-corrected chi connectivity index (χ0v) is 19.4. The number of carbonyl (C=O) groups is 1. The van der Waals surface area contributed by atoms with Gasteiger partial charge in [0.25, 0.3) is 5.91 Å². The maximum Gasteiger partial charge on any atom is 0.271 e. The number of aromatic nitrogens is 5. The number of amides is 1. The third-order valence-electron chi connectivity index (χ3n) is 6.49. The van der Waals surface area contributed by atoms with Crippen molar-refractivity contribution in [1.29, 1.82) is 0 Å². The second-order valence-corrected chi connectivity index (χ2v) is 9.68. The third kappa shape index (κ3) is 3.09. The van der Waals surface area contributed by atoms with E-state index in [-0.39, 0.29) is 5.91 Å². The lowest BCUT2D eigenvalue weighted by Crippen LogP contribution is -2.36. The molecule has 0 saturated heterocycles. The molecule has 8 nitrogen and oxygen atoms in total. The molecule has 0 atom stereocenters. The van der Waals surface area contributed by atoms with Crippen molar-refractivity contribution >= 4 is 50.3 Å². The number of anilines is 2. The molecule has 0 unspecified atom stereocenters. The summed E-state index contributed by atoms with van der Waals surface area (Å²) in [6.07, 6.45) is 7.20. The summed E-state index contributed by atoms with van der Waals surface area (Å²) in [5, 5.41) is 7.22. The molecule has 9 heteroatoms. The van der Waals surface area contributed by atoms with Crippen molar-refractivity contribution in [2.75, 3.05) is 5.32 Å². The van der Waals surface area contributed by atoms with Crippen molar-refractivity contribution in [1.82, 2.24) is 29.0 Å². The van der Waals surface area contributed by atoms with Crippen LogP contribution in [0.5, 0.6) is 0 Å². The molecule has 1 amide bonds. The Kier molecular flexibility index (Phi) is 4.50. The van der Waals surface area contributed by atoms with E-state index in [1.165, 1.54) is 0 Å². The first-order valence-corrected chi connectivity index (χ1v) is 12.3. The van der Waals surface area contributed by atoms with Gasteiger partial charge in [0.2, 0.25) is 0 Å². The van der Waals surface area contributed by atoms with Gasteiger partial charge in [0.1, 0.15) is 16.9 Å². The summed E-state index contributed by atoms with van der Waals surface area (Å²) in [5.74, 6) is 0.824. The lowest BCUT2D eigenvalue weighted by molar-refractivity contribution is 0.0719. The Morgan fingerprint density at radius 3 is 2.59 bits per heavy atom. The van der Waals surface area contributed by atoms with Gasteiger partial charge in [0, 0.05) is 36.4 Å². The first-order chi connectivity index (χ1) is 15.6. The van der Waals surface area contributed by atoms with Gasteiger partial charge in [-0.1, -0.05) is 6.92 Å². The molecule has 1 N–H and O–H groups in total. The average Bonchev–Trinajstić information content (AvgIpc) is 3.69. The molecule has 2 fully saturated rings. The van der Waals surface area contributed by atoms with Crippen LogP contribution in [0.2, 0.25) is 0 Å². The van der Waals surface area contributed by atoms with Crippen molar-refractivity contribution in [2.45, 2.75) is 64.6 Å². The number of aryl methyl sites for hydroxylation is 3. The second-order valence-electron chi connectivity index (χ2n) is 8.82. The summed E-state index contributed by atoms with van der Waals surface area (Å²) in [6.45, 7) is 4.85. The van der Waals surface area contributed by atoms with Gasteiger partial charge in [-0.25, -0.2) is 15.0 Å². The van der Waals surface area contributed by atoms with Gasteiger partial charge >= 0.3 is 0 Å². The Balaban J connectivity index is 1.51. The molecule has 4 aromatic rings. The molecule has 0 aromatic carbocycles. The van der Waals surface area contributed by atoms with Gasteiger partial charge in [-0.05, 0) is 45.1 Å². The highest BCUT2D eigenvalue weighted by atomic mass is 32.1. The number of hydrogen-bond donors (Lipinski definition) is 1. The number of nitrogens with one attached hydrogen (secondary N) is 1. The zero-order chi connectivity index (χ0) is 22.0. The number of imidazole rings is 1. The number of nitrogens with zero attached hydrogens (tertiary/aromatic N) is 6. The number of thiazole rings is 1. The van der Waals surface area contributed by atoms with E-state index in [0.29, 0.717) is 24.4 Å². The van der Waals surface area contributed by atoms with E-state index in [2.05, 4.69) is 44.0 Å². The van der Waals surface area contributed by atoms with Crippen LogP contribution in [0.1, 0.15) is 55.7 Å². The van der Waals surface area contributed by atoms with Crippen LogP contribution in [0.15, 0.2) is 17.8 Å². The highest BCUT2D eigenvalue weighted by molar-refractivity contribution is 7.13. The van der Waals surface area contributed by atoms with Crippen molar-refractivity contribution in [3.05, 3.63) is 29.2 Å². The molecule has 0 bridgehead atoms. The highest BCUT2D eigenvalue weighted by Crippen LogP contribution is 2.39. The average molecular weight is 450 g/mol. The van der Waals surface area contributed by atoms with Gasteiger partial charge in [-0.3, -0.25) is 4.79 Å². The van der Waals surface area contributed by atoms with Crippen molar-refractivity contribution in [2.24, 2.45) is 7.05 Å². The number of fused-ring (bicyclic) bond motifs is 3. The van der Waals surface area contributed by atoms with Crippen molar-refractivity contribution in [3.63, 3.8) is 0 Å². The van der Waals surface area contributed by atoms with Crippen molar-refractivity contribution < 1.29 is 4.79 Å². The van der Waals surface area contributed by atoms with Crippen LogP contribution in [0.3, 0.4) is 0 Å². The first-order valence-electron chi connectivity index (χ1n) is 11.5. The van der Waals surface area contributed by atoms with Crippen LogP contribution in [0, 0.1) is 0 Å². The SMILES string of the molecule is CCc1csc(Nc2nc3c(cc(C(=O)N(C4CC4)C4CC4)n3CC)c3c2ncn3C)n1. The van der Waals surface area contributed by atoms with E-state index in [0.717, 1.165) is 70.7 Å². The molecule has 4 heterocycles. The third-order valence-corrected chi connectivity index (χ3v) is 7.30. The molecule has 2 aliphatic carbocycles. The molecule has 2 aliphatic rings. The highest BCUT2D eigenvalue weighted by Gasteiger charge is 2.43. The molecule has 0 aliphatic heterocycles. The monoisotopic (exact) mass is 449 g/mol. The van der Waals surface area contributed by atoms with Gasteiger partial charge in [0.15, 0.2) is 10.9 Å². The summed E-state index contributed by atoms with van der Waals surface area (Å²) in [6, 6.07) is 2.86. The molecule has 4 aromatic heterocycles. The lowest BCUT2D eigenvalue weighted by Gasteiger charge is -2.22. The molecular formula is C23H27N7OS. The molecule has 166 valence electrons. The van der Waals surface area contributed by atoms with Crippen LogP contribution in [0.4, 0.5) is 10.9 Å². The zero-order valence-electron chi connectivity index (χ0n) is 18.6. The Hall–Kier alpha value is -2.94. The van der Waals surface area contributed by atoms with Gasteiger partial charge in [-0.2, -0.15) is 0 Å². The fourth-order valence-corrected chi connectivity index (χ4v) is 5.39. The molecule has 32 heavy (non-hydrogen) atoms. The Labute approximate surface area is 190 Å². The van der Waals surface area contributed by atoms with Crippen LogP contribution in [0.25, 0.3) is 22.1 Å². The minimum absolute atomic E-state index is 0.146. The summed E-state index contributed by atoms with van der Waals surface area (Å²) in [7, 11) is 1.99. The first kappa shape index (κ1) is 19.7. The fourth-order valence-electron chi connectivity index (χ4n) is 4.59. The van der Waals surface area contributed by atoms with E-state index in [4.69, 9.17) is 4.98 Å². The van der Waals surface area contributed by atoms with Crippen LogP contribution < -0.4 is 5.32 Å². The van der Waals surface area contributed by atoms with E-state index in [1.54, 1.807) is 11.3 Å². The largest absolute Gasteiger partial charge is 0.333 e. The van der Waals surface area contributed by atoms with Crippen LogP contribution in [-0.2, 0) is 20.0 Å². The standard InChI is InChI=1S/C23H27N7OS/c1-4-13-11-32-23(25-13)27-20-18-19(28(3)12-24-18)16-10-17(29(5-2)21(16)26-20)22(31)30(14-6-7-14)15-8-9-15/h10-12,14-15H,4-9H2,1-3H3,(H,25,26,27). The van der Waals surface area contributed by atoms with E-state index in [1.807, 2.05) is 24.0 Å². The number of pyridine rings is 1. The molecule has 2 saturated carbocycles. The van der Waals surface area contributed by atoms with Crippen LogP contribution in [-0.4, -0.2) is 47.0 Å². The molecular weight excluding hydrogens is 422 g/mol. The second kappa shape index (κ2) is 7.30. The van der Waals surface area contributed by atoms with Gasteiger partial charge in [0.05, 0.1) is 17.5 Å². The predicted molar refractivity (Wildman–Crippen MR) is 127 cm³/mol. The van der Waals surface area contributed by atoms with Gasteiger partial charge in [-0.15, -0.1) is 11.3 Å². The van der Waals surface area contributed by atoms with E-state index < -0.39 is 0 Å². The van der Waals surface area contributed by atoms with Gasteiger partial charge < -0.3 is 19.4 Å². The lowest BCUT2D eigenvalue weighted by atomic mass is 10.2. The molecule has 0 radical (unpaired) electrons. The number of carbonyl (C=O) groups excluding carboxylic acids is 1. The Morgan fingerprint density at radius 2 is 1.97 bits per heavy atom. The number of hydrogen-bond acceptors (Lipinski definition) is 6. The Bertz CT molecular complexity index is 1330. The molecule has 6 rings (SSSR count). The van der Waals surface area contributed by atoms with E-state index >= 15 is 0 Å². The topological polar surface area (TPSA) is 80.9 Å². The summed E-state index contributed by atoms with van der Waals surface area (Å²) >= 11 is 1.57. The maximum absolute atomic E-state index is 13.7. The minimum atomic E-state index is 0.146. The predicted octanol–water partition coefficient (Wildman–Crippen LogP) is 4.47.